The zero-order valence-electron chi connectivity index (χ0n) is 12.0. The van der Waals surface area contributed by atoms with Gasteiger partial charge in [0.2, 0.25) is 0 Å². The van der Waals surface area contributed by atoms with E-state index >= 15 is 0 Å². The van der Waals surface area contributed by atoms with Crippen LogP contribution in [0.1, 0.15) is 0 Å². The second-order valence-electron chi connectivity index (χ2n) is 5.13. The van der Waals surface area contributed by atoms with Gasteiger partial charge in [0, 0.05) is 24.5 Å². The van der Waals surface area contributed by atoms with Gasteiger partial charge in [0.1, 0.15) is 6.33 Å². The number of aromatic nitrogens is 2. The summed E-state index contributed by atoms with van der Waals surface area (Å²) in [6.07, 6.45) is 1.60. The number of ether oxygens (including phenoxy) is 1. The number of benzene rings is 1. The van der Waals surface area contributed by atoms with Gasteiger partial charge in [0.25, 0.3) is 0 Å². The van der Waals surface area contributed by atoms with E-state index in [0.29, 0.717) is 0 Å². The molecule has 1 N–H and O–H groups in total. The number of thiophene rings is 1. The molecule has 1 saturated heterocycles. The van der Waals surface area contributed by atoms with Crippen molar-refractivity contribution in [3.05, 3.63) is 42.0 Å². The van der Waals surface area contributed by atoms with Crippen molar-refractivity contribution in [2.75, 3.05) is 36.5 Å². The number of fused-ring (bicyclic) bond motifs is 1. The van der Waals surface area contributed by atoms with Crippen molar-refractivity contribution in [3.8, 4) is 0 Å². The number of nitrogens with zero attached hydrogens (tertiary/aromatic N) is 3. The lowest BCUT2D eigenvalue weighted by molar-refractivity contribution is 0.122. The molecule has 0 amide bonds. The molecule has 3 aromatic rings. The first-order valence-corrected chi connectivity index (χ1v) is 8.16. The first-order valence-electron chi connectivity index (χ1n) is 7.28. The molecule has 22 heavy (non-hydrogen) atoms. The molecule has 112 valence electrons. The fraction of sp³-hybridized carbons (Fsp3) is 0.250. The second kappa shape index (κ2) is 5.90. The molecule has 4 rings (SSSR count). The average Bonchev–Trinajstić information content (AvgIpc) is 3.06. The van der Waals surface area contributed by atoms with Crippen LogP contribution in [0, 0.1) is 0 Å². The van der Waals surface area contributed by atoms with Crippen molar-refractivity contribution in [2.45, 2.75) is 0 Å². The van der Waals surface area contributed by atoms with Crippen molar-refractivity contribution >= 4 is 38.7 Å². The van der Waals surface area contributed by atoms with E-state index in [1.807, 2.05) is 11.4 Å². The number of rotatable bonds is 3. The number of hydrogen-bond donors (Lipinski definition) is 1. The maximum absolute atomic E-state index is 5.39. The summed E-state index contributed by atoms with van der Waals surface area (Å²) in [5.41, 5.74) is 3.25. The summed E-state index contributed by atoms with van der Waals surface area (Å²) >= 11 is 1.65. The first kappa shape index (κ1) is 13.5. The number of nitrogens with one attached hydrogen (secondary N) is 1. The van der Waals surface area contributed by atoms with Crippen LogP contribution in [0.5, 0.6) is 0 Å². The van der Waals surface area contributed by atoms with Gasteiger partial charge in [-0.2, -0.15) is 0 Å². The summed E-state index contributed by atoms with van der Waals surface area (Å²) in [7, 11) is 0. The maximum atomic E-state index is 5.39. The van der Waals surface area contributed by atoms with E-state index in [4.69, 9.17) is 4.74 Å². The molecule has 0 bridgehead atoms. The largest absolute Gasteiger partial charge is 0.378 e. The summed E-state index contributed by atoms with van der Waals surface area (Å²) in [5, 5.41) is 5.41. The van der Waals surface area contributed by atoms with Crippen molar-refractivity contribution in [3.63, 3.8) is 0 Å². The molecule has 0 atom stereocenters. The van der Waals surface area contributed by atoms with Gasteiger partial charge in [-0.05, 0) is 35.7 Å². The number of morpholine rings is 1. The lowest BCUT2D eigenvalue weighted by Gasteiger charge is -2.28. The summed E-state index contributed by atoms with van der Waals surface area (Å²) in [6.45, 7) is 3.51. The molecule has 0 unspecified atom stereocenters. The predicted molar refractivity (Wildman–Crippen MR) is 90.2 cm³/mol. The molecule has 5 nitrogen and oxygen atoms in total. The highest BCUT2D eigenvalue weighted by molar-refractivity contribution is 7.17. The standard InChI is InChI=1S/C16H16N4OS/c1-3-13(20-6-8-21-9-7-20)4-2-12(1)19-16-15-14(5-10-22-15)17-11-18-16/h1-5,10-11H,6-9H2,(H,17,18,19). The second-order valence-corrected chi connectivity index (χ2v) is 6.04. The van der Waals surface area contributed by atoms with Gasteiger partial charge < -0.3 is 15.0 Å². The summed E-state index contributed by atoms with van der Waals surface area (Å²) < 4.78 is 6.47. The fourth-order valence-electron chi connectivity index (χ4n) is 2.59. The van der Waals surface area contributed by atoms with E-state index in [1.54, 1.807) is 17.7 Å². The third-order valence-electron chi connectivity index (χ3n) is 3.75. The Morgan fingerprint density at radius 2 is 1.86 bits per heavy atom. The third kappa shape index (κ3) is 2.63. The van der Waals surface area contributed by atoms with Crippen LogP contribution in [0.4, 0.5) is 17.2 Å². The molecule has 3 heterocycles. The minimum atomic E-state index is 0.803. The van der Waals surface area contributed by atoms with Gasteiger partial charge in [-0.1, -0.05) is 0 Å². The van der Waals surface area contributed by atoms with Gasteiger partial charge in [-0.3, -0.25) is 0 Å². The molecule has 0 radical (unpaired) electrons. The Bertz CT molecular complexity index is 765. The van der Waals surface area contributed by atoms with E-state index in [0.717, 1.165) is 48.0 Å². The smallest absolute Gasteiger partial charge is 0.151 e. The minimum Gasteiger partial charge on any atom is -0.378 e. The van der Waals surface area contributed by atoms with E-state index in [-0.39, 0.29) is 0 Å². The van der Waals surface area contributed by atoms with Gasteiger partial charge in [0.15, 0.2) is 5.82 Å². The van der Waals surface area contributed by atoms with Crippen LogP contribution >= 0.6 is 11.3 Å². The van der Waals surface area contributed by atoms with Crippen LogP contribution in [-0.2, 0) is 4.74 Å². The van der Waals surface area contributed by atoms with Crippen LogP contribution in [0.3, 0.4) is 0 Å². The first-order chi connectivity index (χ1) is 10.9. The van der Waals surface area contributed by atoms with E-state index in [1.165, 1.54) is 5.69 Å². The quantitative estimate of drug-likeness (QED) is 0.804. The monoisotopic (exact) mass is 312 g/mol. The van der Waals surface area contributed by atoms with Crippen molar-refractivity contribution < 1.29 is 4.74 Å². The van der Waals surface area contributed by atoms with E-state index in [9.17, 15) is 0 Å². The fourth-order valence-corrected chi connectivity index (χ4v) is 3.38. The van der Waals surface area contributed by atoms with Gasteiger partial charge in [-0.25, -0.2) is 9.97 Å². The van der Waals surface area contributed by atoms with Gasteiger partial charge >= 0.3 is 0 Å². The number of hydrogen-bond acceptors (Lipinski definition) is 6. The predicted octanol–water partition coefficient (Wildman–Crippen LogP) is 3.27. The van der Waals surface area contributed by atoms with Crippen LogP contribution < -0.4 is 10.2 Å². The zero-order valence-corrected chi connectivity index (χ0v) is 12.8. The lowest BCUT2D eigenvalue weighted by atomic mass is 10.2. The molecular formula is C16H16N4OS. The highest BCUT2D eigenvalue weighted by atomic mass is 32.1. The van der Waals surface area contributed by atoms with Crippen LogP contribution in [0.15, 0.2) is 42.0 Å². The molecule has 0 spiro atoms. The van der Waals surface area contributed by atoms with Crippen LogP contribution in [0.2, 0.25) is 0 Å². The van der Waals surface area contributed by atoms with E-state index in [2.05, 4.69) is 44.5 Å². The summed E-state index contributed by atoms with van der Waals surface area (Å²) in [5.74, 6) is 0.860. The molecule has 1 fully saturated rings. The summed E-state index contributed by atoms with van der Waals surface area (Å²) in [6, 6.07) is 10.5. The molecule has 1 aliphatic heterocycles. The van der Waals surface area contributed by atoms with Crippen molar-refractivity contribution in [1.29, 1.82) is 0 Å². The van der Waals surface area contributed by atoms with Crippen LogP contribution in [0.25, 0.3) is 10.2 Å². The van der Waals surface area contributed by atoms with Gasteiger partial charge in [-0.15, -0.1) is 11.3 Å². The average molecular weight is 312 g/mol. The van der Waals surface area contributed by atoms with Gasteiger partial charge in [0.05, 0.1) is 23.4 Å². The topological polar surface area (TPSA) is 50.3 Å². The molecule has 1 aliphatic rings. The third-order valence-corrected chi connectivity index (χ3v) is 4.66. The Morgan fingerprint density at radius 3 is 2.68 bits per heavy atom. The normalized spacial score (nSPS) is 15.2. The van der Waals surface area contributed by atoms with Crippen LogP contribution in [-0.4, -0.2) is 36.3 Å². The SMILES string of the molecule is c1nc(Nc2ccc(N3CCOCC3)cc2)c2sccc2n1. The van der Waals surface area contributed by atoms with E-state index < -0.39 is 0 Å². The van der Waals surface area contributed by atoms with Crippen molar-refractivity contribution in [1.82, 2.24) is 9.97 Å². The van der Waals surface area contributed by atoms with Crippen molar-refractivity contribution in [2.24, 2.45) is 0 Å². The molecule has 6 heteroatoms. The Kier molecular flexibility index (Phi) is 3.62. The Morgan fingerprint density at radius 1 is 1.05 bits per heavy atom. The highest BCUT2D eigenvalue weighted by Gasteiger charge is 2.11. The Hall–Kier alpha value is -2.18. The Labute approximate surface area is 132 Å². The zero-order chi connectivity index (χ0) is 14.8. The molecular weight excluding hydrogens is 296 g/mol. The molecule has 0 saturated carbocycles. The minimum absolute atomic E-state index is 0.803. The number of anilines is 3. The lowest BCUT2D eigenvalue weighted by Crippen LogP contribution is -2.36. The molecule has 2 aromatic heterocycles. The Balaban J connectivity index is 1.54. The summed E-state index contributed by atoms with van der Waals surface area (Å²) in [4.78, 5) is 11.0. The molecule has 0 aliphatic carbocycles. The highest BCUT2D eigenvalue weighted by Crippen LogP contribution is 2.28. The molecule has 1 aromatic carbocycles. The maximum Gasteiger partial charge on any atom is 0.151 e.